The Balaban J connectivity index is 2.32. The molecular formula is C9H9N3O2S. The van der Waals surface area contributed by atoms with E-state index in [0.29, 0.717) is 17.9 Å². The van der Waals surface area contributed by atoms with Gasteiger partial charge in [-0.2, -0.15) is 5.26 Å². The van der Waals surface area contributed by atoms with Crippen LogP contribution in [0, 0.1) is 11.3 Å². The number of carbonyl (C=O) groups is 1. The molecule has 0 aliphatic rings. The molecule has 0 atom stereocenters. The van der Waals surface area contributed by atoms with Gasteiger partial charge >= 0.3 is 6.09 Å². The number of nitrogens with zero attached hydrogens (tertiary/aromatic N) is 2. The number of rotatable bonds is 4. The highest BCUT2D eigenvalue weighted by atomic mass is 32.2. The van der Waals surface area contributed by atoms with Crippen LogP contribution in [0.1, 0.15) is 5.56 Å². The molecule has 15 heavy (non-hydrogen) atoms. The topological polar surface area (TPSA) is 86.0 Å². The number of nitrogens with one attached hydrogen (secondary N) is 1. The molecule has 78 valence electrons. The molecule has 1 heterocycles. The molecule has 0 aromatic carbocycles. The maximum atomic E-state index is 10.1. The summed E-state index contributed by atoms with van der Waals surface area (Å²) in [4.78, 5) is 14.2. The first-order chi connectivity index (χ1) is 7.22. The van der Waals surface area contributed by atoms with Gasteiger partial charge in [0.1, 0.15) is 6.07 Å². The van der Waals surface area contributed by atoms with Gasteiger partial charge in [0.15, 0.2) is 0 Å². The van der Waals surface area contributed by atoms with Crippen LogP contribution in [-0.4, -0.2) is 28.5 Å². The summed E-state index contributed by atoms with van der Waals surface area (Å²) >= 11 is 1.44. The van der Waals surface area contributed by atoms with Crippen molar-refractivity contribution in [2.45, 2.75) is 5.03 Å². The van der Waals surface area contributed by atoms with E-state index in [2.05, 4.69) is 10.3 Å². The van der Waals surface area contributed by atoms with Gasteiger partial charge in [-0.3, -0.25) is 0 Å². The van der Waals surface area contributed by atoms with Crippen LogP contribution in [-0.2, 0) is 0 Å². The number of carboxylic acid groups (broad SMARTS) is 1. The van der Waals surface area contributed by atoms with Crippen molar-refractivity contribution in [2.24, 2.45) is 0 Å². The molecule has 6 heteroatoms. The number of thioether (sulfide) groups is 1. The fraction of sp³-hybridized carbons (Fsp3) is 0.222. The van der Waals surface area contributed by atoms with Gasteiger partial charge in [0, 0.05) is 18.5 Å². The number of hydrogen-bond acceptors (Lipinski definition) is 4. The molecule has 1 rings (SSSR count). The number of nitriles is 1. The fourth-order valence-corrected chi connectivity index (χ4v) is 1.55. The molecule has 0 aliphatic carbocycles. The van der Waals surface area contributed by atoms with Gasteiger partial charge in [0.25, 0.3) is 0 Å². The van der Waals surface area contributed by atoms with E-state index in [4.69, 9.17) is 10.4 Å². The second-order valence-corrected chi connectivity index (χ2v) is 3.69. The van der Waals surface area contributed by atoms with Crippen LogP contribution in [0.25, 0.3) is 0 Å². The molecule has 1 amide bonds. The Morgan fingerprint density at radius 1 is 1.67 bits per heavy atom. The SMILES string of the molecule is N#Cc1ccc(SCCNC(=O)O)nc1. The van der Waals surface area contributed by atoms with Crippen molar-refractivity contribution in [3.05, 3.63) is 23.9 Å². The zero-order valence-corrected chi connectivity index (χ0v) is 8.62. The summed E-state index contributed by atoms with van der Waals surface area (Å²) in [5.74, 6) is 0.616. The van der Waals surface area contributed by atoms with Gasteiger partial charge < -0.3 is 10.4 Å². The molecule has 0 radical (unpaired) electrons. The van der Waals surface area contributed by atoms with Gasteiger partial charge in [0.2, 0.25) is 0 Å². The molecule has 0 spiro atoms. The molecule has 0 saturated heterocycles. The average Bonchev–Trinajstić information content (AvgIpc) is 2.25. The van der Waals surface area contributed by atoms with E-state index >= 15 is 0 Å². The third kappa shape index (κ3) is 4.33. The van der Waals surface area contributed by atoms with Crippen molar-refractivity contribution in [1.82, 2.24) is 10.3 Å². The van der Waals surface area contributed by atoms with E-state index in [9.17, 15) is 4.79 Å². The van der Waals surface area contributed by atoms with Gasteiger partial charge in [-0.15, -0.1) is 11.8 Å². The number of hydrogen-bond donors (Lipinski definition) is 2. The van der Waals surface area contributed by atoms with Crippen LogP contribution in [0.3, 0.4) is 0 Å². The lowest BCUT2D eigenvalue weighted by atomic mass is 10.3. The summed E-state index contributed by atoms with van der Waals surface area (Å²) in [7, 11) is 0. The summed E-state index contributed by atoms with van der Waals surface area (Å²) in [6, 6.07) is 5.40. The number of amides is 1. The van der Waals surface area contributed by atoms with Crippen molar-refractivity contribution in [2.75, 3.05) is 12.3 Å². The standard InChI is InChI=1S/C9H9N3O2S/c10-5-7-1-2-8(12-6-7)15-4-3-11-9(13)14/h1-2,6,11H,3-4H2,(H,13,14). The zero-order valence-electron chi connectivity index (χ0n) is 7.80. The average molecular weight is 223 g/mol. The highest BCUT2D eigenvalue weighted by molar-refractivity contribution is 7.99. The summed E-state index contributed by atoms with van der Waals surface area (Å²) < 4.78 is 0. The minimum Gasteiger partial charge on any atom is -0.465 e. The Labute approximate surface area is 91.1 Å². The second kappa shape index (κ2) is 5.88. The van der Waals surface area contributed by atoms with Crippen molar-refractivity contribution >= 4 is 17.9 Å². The predicted molar refractivity (Wildman–Crippen MR) is 55.7 cm³/mol. The Bertz CT molecular complexity index is 372. The summed E-state index contributed by atoms with van der Waals surface area (Å²) in [5.41, 5.74) is 0.517. The van der Waals surface area contributed by atoms with Crippen molar-refractivity contribution in [1.29, 1.82) is 5.26 Å². The fourth-order valence-electron chi connectivity index (χ4n) is 0.845. The Kier molecular flexibility index (Phi) is 4.44. The molecule has 0 bridgehead atoms. The minimum absolute atomic E-state index is 0.377. The van der Waals surface area contributed by atoms with Crippen molar-refractivity contribution < 1.29 is 9.90 Å². The first kappa shape index (κ1) is 11.3. The smallest absolute Gasteiger partial charge is 0.404 e. The van der Waals surface area contributed by atoms with Crippen LogP contribution >= 0.6 is 11.8 Å². The largest absolute Gasteiger partial charge is 0.465 e. The lowest BCUT2D eigenvalue weighted by Gasteiger charge is -2.00. The summed E-state index contributed by atoms with van der Waals surface area (Å²) in [5, 5.41) is 19.9. The third-order valence-electron chi connectivity index (χ3n) is 1.49. The van der Waals surface area contributed by atoms with Gasteiger partial charge in [-0.25, -0.2) is 9.78 Å². The maximum absolute atomic E-state index is 10.1. The Morgan fingerprint density at radius 2 is 2.47 bits per heavy atom. The monoisotopic (exact) mass is 223 g/mol. The van der Waals surface area contributed by atoms with E-state index in [-0.39, 0.29) is 0 Å². The Hall–Kier alpha value is -1.74. The van der Waals surface area contributed by atoms with E-state index in [1.165, 1.54) is 18.0 Å². The van der Waals surface area contributed by atoms with Crippen LogP contribution in [0.4, 0.5) is 4.79 Å². The number of aromatic nitrogens is 1. The molecule has 0 saturated carbocycles. The van der Waals surface area contributed by atoms with Crippen molar-refractivity contribution in [3.8, 4) is 6.07 Å². The van der Waals surface area contributed by atoms with E-state index < -0.39 is 6.09 Å². The lowest BCUT2D eigenvalue weighted by molar-refractivity contribution is 0.195. The van der Waals surface area contributed by atoms with Crippen LogP contribution in [0.15, 0.2) is 23.4 Å². The number of pyridine rings is 1. The molecule has 1 aromatic rings. The third-order valence-corrected chi connectivity index (χ3v) is 2.44. The van der Waals surface area contributed by atoms with Crippen molar-refractivity contribution in [3.63, 3.8) is 0 Å². The normalized spacial score (nSPS) is 9.27. The first-order valence-electron chi connectivity index (χ1n) is 4.18. The van der Waals surface area contributed by atoms with E-state index in [0.717, 1.165) is 5.03 Å². The lowest BCUT2D eigenvalue weighted by Crippen LogP contribution is -2.23. The molecule has 5 nitrogen and oxygen atoms in total. The highest BCUT2D eigenvalue weighted by Gasteiger charge is 1.97. The van der Waals surface area contributed by atoms with Gasteiger partial charge in [-0.05, 0) is 12.1 Å². The van der Waals surface area contributed by atoms with Gasteiger partial charge in [-0.1, -0.05) is 0 Å². The quantitative estimate of drug-likeness (QED) is 0.593. The zero-order chi connectivity index (χ0) is 11.1. The molecule has 0 unspecified atom stereocenters. The Morgan fingerprint density at radius 3 is 3.00 bits per heavy atom. The van der Waals surface area contributed by atoms with Crippen LogP contribution < -0.4 is 5.32 Å². The first-order valence-corrected chi connectivity index (χ1v) is 5.16. The summed E-state index contributed by atoms with van der Waals surface area (Å²) in [6.45, 7) is 0.377. The molecule has 0 aliphatic heterocycles. The minimum atomic E-state index is -1.02. The molecular weight excluding hydrogens is 214 g/mol. The molecule has 2 N–H and O–H groups in total. The van der Waals surface area contributed by atoms with E-state index in [1.54, 1.807) is 12.1 Å². The maximum Gasteiger partial charge on any atom is 0.404 e. The summed E-state index contributed by atoms with van der Waals surface area (Å²) in [6.07, 6.45) is 0.468. The van der Waals surface area contributed by atoms with Crippen LogP contribution in [0.2, 0.25) is 0 Å². The second-order valence-electron chi connectivity index (χ2n) is 2.58. The van der Waals surface area contributed by atoms with E-state index in [1.807, 2.05) is 6.07 Å². The molecule has 1 aromatic heterocycles. The highest BCUT2D eigenvalue weighted by Crippen LogP contribution is 2.13. The van der Waals surface area contributed by atoms with Gasteiger partial charge in [0.05, 0.1) is 10.6 Å². The van der Waals surface area contributed by atoms with Crippen LogP contribution in [0.5, 0.6) is 0 Å². The predicted octanol–water partition coefficient (Wildman–Crippen LogP) is 1.31. The molecule has 0 fully saturated rings.